The first-order valence-electron chi connectivity index (χ1n) is 9.94. The van der Waals surface area contributed by atoms with Gasteiger partial charge in [0.05, 0.1) is 11.3 Å². The van der Waals surface area contributed by atoms with E-state index < -0.39 is 16.0 Å². The first-order valence-corrected chi connectivity index (χ1v) is 11.8. The summed E-state index contributed by atoms with van der Waals surface area (Å²) in [7, 11) is -3.65. The number of carboxylic acid groups (broad SMARTS) is 1. The van der Waals surface area contributed by atoms with Crippen molar-refractivity contribution in [3.05, 3.63) is 88.9 Å². The Kier molecular flexibility index (Phi) is 7.80. The molecular formula is C24H22ClNO5S. The number of nitrogens with one attached hydrogen (secondary N) is 1. The molecule has 0 saturated heterocycles. The van der Waals surface area contributed by atoms with Crippen LogP contribution in [0.2, 0.25) is 5.02 Å². The number of hydrogen-bond acceptors (Lipinski definition) is 4. The van der Waals surface area contributed by atoms with Crippen molar-refractivity contribution in [2.24, 2.45) is 0 Å². The summed E-state index contributed by atoms with van der Waals surface area (Å²) in [6, 6.07) is 20.6. The largest absolute Gasteiger partial charge is 0.481 e. The van der Waals surface area contributed by atoms with Gasteiger partial charge in [0.2, 0.25) is 10.0 Å². The maximum Gasteiger partial charge on any atom is 0.303 e. The van der Waals surface area contributed by atoms with E-state index in [0.29, 0.717) is 17.0 Å². The van der Waals surface area contributed by atoms with E-state index in [1.54, 1.807) is 60.7 Å². The number of carbonyl (C=O) groups excluding carboxylic acids is 1. The predicted molar refractivity (Wildman–Crippen MR) is 123 cm³/mol. The number of carboxylic acids is 1. The number of benzene rings is 3. The molecule has 0 fully saturated rings. The molecule has 0 unspecified atom stereocenters. The normalized spacial score (nSPS) is 11.3. The maximum absolute atomic E-state index is 12.6. The molecule has 0 aliphatic rings. The van der Waals surface area contributed by atoms with E-state index in [1.165, 1.54) is 0 Å². The highest BCUT2D eigenvalue weighted by atomic mass is 35.5. The minimum Gasteiger partial charge on any atom is -0.481 e. The second kappa shape index (κ2) is 10.5. The third kappa shape index (κ3) is 6.50. The van der Waals surface area contributed by atoms with E-state index in [4.69, 9.17) is 16.7 Å². The van der Waals surface area contributed by atoms with Gasteiger partial charge >= 0.3 is 5.97 Å². The molecule has 0 aliphatic carbocycles. The molecule has 0 saturated carbocycles. The molecule has 3 rings (SSSR count). The highest BCUT2D eigenvalue weighted by Crippen LogP contribution is 2.23. The summed E-state index contributed by atoms with van der Waals surface area (Å²) < 4.78 is 27.7. The lowest BCUT2D eigenvalue weighted by molar-refractivity contribution is -0.136. The van der Waals surface area contributed by atoms with E-state index in [-0.39, 0.29) is 30.1 Å². The molecule has 0 radical (unpaired) electrons. The van der Waals surface area contributed by atoms with Gasteiger partial charge in [-0.1, -0.05) is 60.1 Å². The second-order valence-electron chi connectivity index (χ2n) is 7.19. The van der Waals surface area contributed by atoms with Crippen LogP contribution < -0.4 is 4.72 Å². The molecule has 0 spiro atoms. The Hall–Kier alpha value is -3.00. The molecule has 3 aromatic carbocycles. The number of ketones is 1. The lowest BCUT2D eigenvalue weighted by Gasteiger charge is -2.09. The first kappa shape index (κ1) is 23.7. The number of carbonyl (C=O) groups is 2. The molecule has 0 heterocycles. The van der Waals surface area contributed by atoms with Gasteiger partial charge in [0.15, 0.2) is 5.78 Å². The minimum atomic E-state index is -3.65. The highest BCUT2D eigenvalue weighted by Gasteiger charge is 2.14. The Morgan fingerprint density at radius 3 is 1.94 bits per heavy atom. The Morgan fingerprint density at radius 2 is 1.38 bits per heavy atom. The van der Waals surface area contributed by atoms with E-state index in [0.717, 1.165) is 16.7 Å². The summed E-state index contributed by atoms with van der Waals surface area (Å²) in [6.45, 7) is 0.202. The lowest BCUT2D eigenvalue weighted by atomic mass is 10.0. The number of hydrogen-bond donors (Lipinski definition) is 2. The molecule has 8 heteroatoms. The zero-order chi connectivity index (χ0) is 23.1. The fourth-order valence-corrected chi connectivity index (χ4v) is 4.26. The zero-order valence-electron chi connectivity index (χ0n) is 17.1. The minimum absolute atomic E-state index is 0.0503. The molecule has 166 valence electrons. The number of halogens is 1. The quantitative estimate of drug-likeness (QED) is 0.421. The topological polar surface area (TPSA) is 101 Å². The van der Waals surface area contributed by atoms with Crippen molar-refractivity contribution in [3.63, 3.8) is 0 Å². The van der Waals surface area contributed by atoms with Crippen molar-refractivity contribution in [2.75, 3.05) is 6.54 Å². The Morgan fingerprint density at radius 1 is 0.812 bits per heavy atom. The third-order valence-electron chi connectivity index (χ3n) is 4.89. The molecular weight excluding hydrogens is 450 g/mol. The second-order valence-corrected chi connectivity index (χ2v) is 9.40. The average molecular weight is 472 g/mol. The van der Waals surface area contributed by atoms with Crippen LogP contribution in [0.1, 0.15) is 28.8 Å². The molecule has 0 aliphatic heterocycles. The van der Waals surface area contributed by atoms with Gasteiger partial charge in [-0.15, -0.1) is 0 Å². The van der Waals surface area contributed by atoms with Crippen molar-refractivity contribution in [1.82, 2.24) is 4.72 Å². The first-order chi connectivity index (χ1) is 15.2. The average Bonchev–Trinajstić information content (AvgIpc) is 2.78. The van der Waals surface area contributed by atoms with Gasteiger partial charge in [-0.05, 0) is 47.4 Å². The molecule has 2 N–H and O–H groups in total. The van der Waals surface area contributed by atoms with E-state index in [9.17, 15) is 18.0 Å². The van der Waals surface area contributed by atoms with Crippen LogP contribution in [0.15, 0.2) is 77.7 Å². The summed E-state index contributed by atoms with van der Waals surface area (Å²) in [5.41, 5.74) is 3.13. The molecule has 0 bridgehead atoms. The summed E-state index contributed by atoms with van der Waals surface area (Å²) >= 11 is 5.90. The molecule has 32 heavy (non-hydrogen) atoms. The molecule has 0 atom stereocenters. The fraction of sp³-hybridized carbons (Fsp3) is 0.167. The summed E-state index contributed by atoms with van der Waals surface area (Å²) in [4.78, 5) is 22.7. The van der Waals surface area contributed by atoms with Crippen LogP contribution >= 0.6 is 11.6 Å². The van der Waals surface area contributed by atoms with Crippen molar-refractivity contribution in [2.45, 2.75) is 24.2 Å². The van der Waals surface area contributed by atoms with Crippen molar-refractivity contribution >= 4 is 33.4 Å². The van der Waals surface area contributed by atoms with Crippen molar-refractivity contribution < 1.29 is 23.1 Å². The molecule has 0 aromatic heterocycles. The number of rotatable bonds is 10. The number of aliphatic carboxylic acids is 1. The van der Waals surface area contributed by atoms with Gasteiger partial charge in [0.25, 0.3) is 0 Å². The van der Waals surface area contributed by atoms with Gasteiger partial charge in [0, 0.05) is 23.6 Å². The smallest absolute Gasteiger partial charge is 0.303 e. The van der Waals surface area contributed by atoms with E-state index in [1.807, 2.05) is 12.1 Å². The Labute approximate surface area is 191 Å². The highest BCUT2D eigenvalue weighted by molar-refractivity contribution is 7.89. The molecule has 0 amide bonds. The zero-order valence-corrected chi connectivity index (χ0v) is 18.7. The van der Waals surface area contributed by atoms with Gasteiger partial charge in [-0.3, -0.25) is 9.59 Å². The van der Waals surface area contributed by atoms with Crippen LogP contribution in [0.3, 0.4) is 0 Å². The third-order valence-corrected chi connectivity index (χ3v) is 6.62. The van der Waals surface area contributed by atoms with Gasteiger partial charge in [0.1, 0.15) is 0 Å². The fourth-order valence-electron chi connectivity index (χ4n) is 3.10. The summed E-state index contributed by atoms with van der Waals surface area (Å²) in [5, 5.41) is 9.30. The van der Waals surface area contributed by atoms with Gasteiger partial charge < -0.3 is 5.11 Å². The Bertz CT molecular complexity index is 1190. The molecule has 6 nitrogen and oxygen atoms in total. The van der Waals surface area contributed by atoms with Gasteiger partial charge in [-0.2, -0.15) is 0 Å². The summed E-state index contributed by atoms with van der Waals surface area (Å²) in [5.74, 6) is -1.25. The van der Waals surface area contributed by atoms with Crippen LogP contribution in [0.4, 0.5) is 0 Å². The SMILES string of the molecule is O=C(O)CCC(=O)c1ccc(CCNS(=O)(=O)c2ccc(-c3ccc(Cl)cc3)cc2)cc1. The van der Waals surface area contributed by atoms with Crippen molar-refractivity contribution in [3.8, 4) is 11.1 Å². The van der Waals surface area contributed by atoms with Crippen molar-refractivity contribution in [1.29, 1.82) is 0 Å². The monoisotopic (exact) mass is 471 g/mol. The van der Waals surface area contributed by atoms with Crippen LogP contribution in [0.5, 0.6) is 0 Å². The standard InChI is InChI=1S/C24H22ClNO5S/c25-21-9-5-18(6-10-21)19-7-11-22(12-8-19)32(30,31)26-16-15-17-1-3-20(4-2-17)23(27)13-14-24(28)29/h1-12,26H,13-16H2,(H,28,29). The van der Waals surface area contributed by atoms with E-state index >= 15 is 0 Å². The molecule has 3 aromatic rings. The van der Waals surface area contributed by atoms with Crippen LogP contribution in [0.25, 0.3) is 11.1 Å². The maximum atomic E-state index is 12.6. The predicted octanol–water partition coefficient (Wildman–Crippen LogP) is 4.58. The van der Waals surface area contributed by atoms with Crippen LogP contribution in [-0.2, 0) is 21.2 Å². The van der Waals surface area contributed by atoms with Crippen LogP contribution in [0, 0.1) is 0 Å². The lowest BCUT2D eigenvalue weighted by Crippen LogP contribution is -2.26. The Balaban J connectivity index is 1.55. The van der Waals surface area contributed by atoms with E-state index in [2.05, 4.69) is 4.72 Å². The van der Waals surface area contributed by atoms with Crippen LogP contribution in [-0.4, -0.2) is 31.8 Å². The number of Topliss-reactive ketones (excluding diaryl/α,β-unsaturated/α-hetero) is 1. The van der Waals surface area contributed by atoms with Gasteiger partial charge in [-0.25, -0.2) is 13.1 Å². The summed E-state index contributed by atoms with van der Waals surface area (Å²) in [6.07, 6.45) is 0.194. The number of sulfonamides is 1.